The van der Waals surface area contributed by atoms with Gasteiger partial charge in [-0.3, -0.25) is 4.98 Å². The van der Waals surface area contributed by atoms with E-state index in [4.69, 9.17) is 4.74 Å². The third-order valence-electron chi connectivity index (χ3n) is 3.63. The zero-order valence-corrected chi connectivity index (χ0v) is 12.5. The van der Waals surface area contributed by atoms with Gasteiger partial charge in [0.1, 0.15) is 5.75 Å². The average Bonchev–Trinajstić information content (AvgIpc) is 3.36. The SMILES string of the molecule is CCCOc1ccccc1-c1cncc(CNC2CC2)c1. The Morgan fingerprint density at radius 2 is 2.10 bits per heavy atom. The summed E-state index contributed by atoms with van der Waals surface area (Å²) in [6.45, 7) is 3.76. The highest BCUT2D eigenvalue weighted by molar-refractivity contribution is 5.70. The van der Waals surface area contributed by atoms with Gasteiger partial charge in [-0.25, -0.2) is 0 Å². The molecule has 3 rings (SSSR count). The van der Waals surface area contributed by atoms with Crippen molar-refractivity contribution < 1.29 is 4.74 Å². The molecule has 1 aliphatic carbocycles. The Labute approximate surface area is 126 Å². The molecule has 0 atom stereocenters. The molecule has 0 saturated heterocycles. The van der Waals surface area contributed by atoms with E-state index in [0.29, 0.717) is 6.04 Å². The minimum absolute atomic E-state index is 0.717. The standard InChI is InChI=1S/C18H22N2O/c1-2-9-21-18-6-4-3-5-17(18)15-10-14(11-19-13-15)12-20-16-7-8-16/h3-6,10-11,13,16,20H,2,7-9,12H2,1H3. The fourth-order valence-electron chi connectivity index (χ4n) is 2.32. The van der Waals surface area contributed by atoms with Crippen molar-refractivity contribution in [1.29, 1.82) is 0 Å². The van der Waals surface area contributed by atoms with Crippen LogP contribution in [0.2, 0.25) is 0 Å². The number of para-hydroxylation sites is 1. The number of pyridine rings is 1. The molecule has 0 aliphatic heterocycles. The second-order valence-corrected chi connectivity index (χ2v) is 5.58. The zero-order valence-electron chi connectivity index (χ0n) is 12.5. The number of nitrogens with one attached hydrogen (secondary N) is 1. The summed E-state index contributed by atoms with van der Waals surface area (Å²) >= 11 is 0. The van der Waals surface area contributed by atoms with Crippen molar-refractivity contribution in [3.63, 3.8) is 0 Å². The molecule has 1 heterocycles. The van der Waals surface area contributed by atoms with Crippen LogP contribution in [0.25, 0.3) is 11.1 Å². The molecule has 0 unspecified atom stereocenters. The number of hydrogen-bond acceptors (Lipinski definition) is 3. The summed E-state index contributed by atoms with van der Waals surface area (Å²) in [5.41, 5.74) is 3.47. The first-order chi connectivity index (χ1) is 10.4. The monoisotopic (exact) mass is 282 g/mol. The molecule has 1 aliphatic rings. The van der Waals surface area contributed by atoms with E-state index in [1.54, 1.807) is 0 Å². The summed E-state index contributed by atoms with van der Waals surface area (Å²) in [6, 6.07) is 11.1. The van der Waals surface area contributed by atoms with Gasteiger partial charge in [0.05, 0.1) is 6.61 Å². The van der Waals surface area contributed by atoms with Crippen LogP contribution >= 0.6 is 0 Å². The molecule has 1 fully saturated rings. The highest BCUT2D eigenvalue weighted by Gasteiger charge is 2.20. The van der Waals surface area contributed by atoms with Crippen molar-refractivity contribution in [2.75, 3.05) is 6.61 Å². The summed E-state index contributed by atoms with van der Waals surface area (Å²) in [4.78, 5) is 4.39. The second-order valence-electron chi connectivity index (χ2n) is 5.58. The number of ether oxygens (including phenoxy) is 1. The molecule has 110 valence electrons. The third kappa shape index (κ3) is 3.82. The smallest absolute Gasteiger partial charge is 0.127 e. The summed E-state index contributed by atoms with van der Waals surface area (Å²) < 4.78 is 5.85. The topological polar surface area (TPSA) is 34.1 Å². The molecule has 3 nitrogen and oxygen atoms in total. The lowest BCUT2D eigenvalue weighted by molar-refractivity contribution is 0.318. The molecule has 1 N–H and O–H groups in total. The van der Waals surface area contributed by atoms with Crippen LogP contribution in [0, 0.1) is 0 Å². The van der Waals surface area contributed by atoms with E-state index in [9.17, 15) is 0 Å². The van der Waals surface area contributed by atoms with E-state index in [0.717, 1.165) is 36.4 Å². The Balaban J connectivity index is 1.80. The Bertz CT molecular complexity index is 593. The van der Waals surface area contributed by atoms with Gasteiger partial charge in [-0.15, -0.1) is 0 Å². The van der Waals surface area contributed by atoms with Crippen LogP contribution in [0.4, 0.5) is 0 Å². The van der Waals surface area contributed by atoms with Crippen LogP contribution in [0.15, 0.2) is 42.7 Å². The summed E-state index contributed by atoms with van der Waals surface area (Å²) in [7, 11) is 0. The summed E-state index contributed by atoms with van der Waals surface area (Å²) in [5, 5.41) is 3.53. The van der Waals surface area contributed by atoms with Crippen LogP contribution in [-0.4, -0.2) is 17.6 Å². The van der Waals surface area contributed by atoms with Crippen LogP contribution in [0.5, 0.6) is 5.75 Å². The first kappa shape index (κ1) is 14.1. The van der Waals surface area contributed by atoms with Crippen LogP contribution in [0.3, 0.4) is 0 Å². The third-order valence-corrected chi connectivity index (χ3v) is 3.63. The summed E-state index contributed by atoms with van der Waals surface area (Å²) in [5.74, 6) is 0.938. The maximum absolute atomic E-state index is 5.85. The molecule has 0 amide bonds. The fraction of sp³-hybridized carbons (Fsp3) is 0.389. The van der Waals surface area contributed by atoms with Crippen molar-refractivity contribution in [1.82, 2.24) is 10.3 Å². The minimum atomic E-state index is 0.717. The molecule has 0 spiro atoms. The Hall–Kier alpha value is -1.87. The molecule has 2 aromatic rings. The first-order valence-electron chi connectivity index (χ1n) is 7.76. The van der Waals surface area contributed by atoms with Gasteiger partial charge in [0.25, 0.3) is 0 Å². The van der Waals surface area contributed by atoms with Crippen LogP contribution in [0.1, 0.15) is 31.7 Å². The minimum Gasteiger partial charge on any atom is -0.493 e. The molecule has 0 bridgehead atoms. The fourth-order valence-corrected chi connectivity index (χ4v) is 2.32. The Kier molecular flexibility index (Phi) is 4.51. The quantitative estimate of drug-likeness (QED) is 0.839. The molecule has 3 heteroatoms. The molecule has 1 saturated carbocycles. The van der Waals surface area contributed by atoms with Crippen molar-refractivity contribution in [2.24, 2.45) is 0 Å². The number of rotatable bonds is 7. The van der Waals surface area contributed by atoms with Crippen molar-refractivity contribution in [3.05, 3.63) is 48.3 Å². The lowest BCUT2D eigenvalue weighted by Gasteiger charge is -2.11. The van der Waals surface area contributed by atoms with Gasteiger partial charge >= 0.3 is 0 Å². The van der Waals surface area contributed by atoms with Gasteiger partial charge in [0, 0.05) is 36.1 Å². The zero-order chi connectivity index (χ0) is 14.5. The van der Waals surface area contributed by atoms with Crippen LogP contribution < -0.4 is 10.1 Å². The van der Waals surface area contributed by atoms with Gasteiger partial charge < -0.3 is 10.1 Å². The molecule has 21 heavy (non-hydrogen) atoms. The maximum atomic E-state index is 5.85. The van der Waals surface area contributed by atoms with E-state index in [-0.39, 0.29) is 0 Å². The van der Waals surface area contributed by atoms with Gasteiger partial charge in [-0.05, 0) is 37.0 Å². The predicted molar refractivity (Wildman–Crippen MR) is 85.3 cm³/mol. The van der Waals surface area contributed by atoms with Gasteiger partial charge in [0.15, 0.2) is 0 Å². The van der Waals surface area contributed by atoms with Crippen molar-refractivity contribution in [2.45, 2.75) is 38.8 Å². The molecule has 0 radical (unpaired) electrons. The van der Waals surface area contributed by atoms with E-state index in [1.807, 2.05) is 30.6 Å². The number of aromatic nitrogens is 1. The molecule has 1 aromatic heterocycles. The highest BCUT2D eigenvalue weighted by Crippen LogP contribution is 2.30. The highest BCUT2D eigenvalue weighted by atomic mass is 16.5. The molecule has 1 aromatic carbocycles. The first-order valence-corrected chi connectivity index (χ1v) is 7.76. The Morgan fingerprint density at radius 1 is 1.24 bits per heavy atom. The van der Waals surface area contributed by atoms with Crippen molar-refractivity contribution >= 4 is 0 Å². The van der Waals surface area contributed by atoms with Crippen molar-refractivity contribution in [3.8, 4) is 16.9 Å². The lowest BCUT2D eigenvalue weighted by Crippen LogP contribution is -2.15. The average molecular weight is 282 g/mol. The summed E-state index contributed by atoms with van der Waals surface area (Å²) in [6.07, 6.45) is 7.47. The second kappa shape index (κ2) is 6.72. The van der Waals surface area contributed by atoms with E-state index >= 15 is 0 Å². The van der Waals surface area contributed by atoms with Gasteiger partial charge in [0.2, 0.25) is 0 Å². The molecular formula is C18H22N2O. The number of nitrogens with zero attached hydrogens (tertiary/aromatic N) is 1. The maximum Gasteiger partial charge on any atom is 0.127 e. The van der Waals surface area contributed by atoms with E-state index in [1.165, 1.54) is 18.4 Å². The number of benzene rings is 1. The molecular weight excluding hydrogens is 260 g/mol. The predicted octanol–water partition coefficient (Wildman–Crippen LogP) is 3.79. The van der Waals surface area contributed by atoms with Gasteiger partial charge in [-0.2, -0.15) is 0 Å². The van der Waals surface area contributed by atoms with E-state index in [2.05, 4.69) is 29.4 Å². The number of hydrogen-bond donors (Lipinski definition) is 1. The largest absolute Gasteiger partial charge is 0.493 e. The van der Waals surface area contributed by atoms with Crippen LogP contribution in [-0.2, 0) is 6.54 Å². The van der Waals surface area contributed by atoms with E-state index < -0.39 is 0 Å². The van der Waals surface area contributed by atoms with Gasteiger partial charge in [-0.1, -0.05) is 25.1 Å². The lowest BCUT2D eigenvalue weighted by atomic mass is 10.0. The normalized spacial score (nSPS) is 14.1. The Morgan fingerprint density at radius 3 is 2.90 bits per heavy atom.